The van der Waals surface area contributed by atoms with Crippen LogP contribution < -0.4 is 10.9 Å². The summed E-state index contributed by atoms with van der Waals surface area (Å²) in [6.07, 6.45) is -3.74. The van der Waals surface area contributed by atoms with Crippen molar-refractivity contribution in [3.63, 3.8) is 0 Å². The molecule has 0 radical (unpaired) electrons. The van der Waals surface area contributed by atoms with E-state index < -0.39 is 34.8 Å². The molecule has 10 heteroatoms. The normalized spacial score (nSPS) is 18.3. The predicted octanol–water partition coefficient (Wildman–Crippen LogP) is 0.970. The van der Waals surface area contributed by atoms with Crippen LogP contribution in [0.15, 0.2) is 17.1 Å². The number of carbonyl (C=O) groups is 2. The third-order valence-electron chi connectivity index (χ3n) is 3.55. The number of nitrogens with one attached hydrogen (secondary N) is 2. The molecule has 1 aliphatic rings. The number of hydrogen-bond acceptors (Lipinski definition) is 4. The highest BCUT2D eigenvalue weighted by Gasteiger charge is 2.32. The van der Waals surface area contributed by atoms with Crippen molar-refractivity contribution in [3.8, 4) is 0 Å². The molecule has 7 nitrogen and oxygen atoms in total. The van der Waals surface area contributed by atoms with Crippen molar-refractivity contribution in [3.05, 3.63) is 28.2 Å². The summed E-state index contributed by atoms with van der Waals surface area (Å²) in [5, 5.41) is 1.94. The van der Waals surface area contributed by atoms with E-state index in [4.69, 9.17) is 4.74 Å². The molecular weight excluding hydrogens is 331 g/mol. The molecular formula is C14H16F3N3O4. The molecule has 132 valence electrons. The lowest BCUT2D eigenvalue weighted by Crippen LogP contribution is -2.49. The van der Waals surface area contributed by atoms with E-state index >= 15 is 0 Å². The Morgan fingerprint density at radius 2 is 2.17 bits per heavy atom. The largest absolute Gasteiger partial charge is 0.417 e. The van der Waals surface area contributed by atoms with Crippen molar-refractivity contribution < 1.29 is 27.5 Å². The summed E-state index contributed by atoms with van der Waals surface area (Å²) in [6, 6.07) is 0.484. The minimum Gasteiger partial charge on any atom is -0.375 e. The van der Waals surface area contributed by atoms with E-state index in [0.717, 1.165) is 0 Å². The Kier molecular flexibility index (Phi) is 5.27. The summed E-state index contributed by atoms with van der Waals surface area (Å²) in [5.41, 5.74) is -2.71. The number of rotatable bonds is 2. The third-order valence-corrected chi connectivity index (χ3v) is 3.55. The maximum absolute atomic E-state index is 12.6. The minimum absolute atomic E-state index is 0.196. The maximum atomic E-state index is 12.6. The van der Waals surface area contributed by atoms with Gasteiger partial charge in [-0.25, -0.2) is 0 Å². The van der Waals surface area contributed by atoms with Gasteiger partial charge >= 0.3 is 18.0 Å². The van der Waals surface area contributed by atoms with Crippen molar-refractivity contribution in [2.75, 3.05) is 25.0 Å². The summed E-state index contributed by atoms with van der Waals surface area (Å²) in [5.74, 6) is -2.09. The summed E-state index contributed by atoms with van der Waals surface area (Å²) in [7, 11) is 0. The smallest absolute Gasteiger partial charge is 0.375 e. The molecule has 0 unspecified atom stereocenters. The van der Waals surface area contributed by atoms with Crippen LogP contribution in [0.1, 0.15) is 18.9 Å². The van der Waals surface area contributed by atoms with E-state index in [1.54, 1.807) is 0 Å². The van der Waals surface area contributed by atoms with E-state index in [1.807, 2.05) is 17.2 Å². The SMILES string of the molecule is CC[C@H]1CN(C(=O)C(=O)Nc2cc(C(F)(F)F)c[nH]c2=O)CCO1. The second-order valence-electron chi connectivity index (χ2n) is 5.24. The predicted molar refractivity (Wildman–Crippen MR) is 77.3 cm³/mol. The molecule has 1 aliphatic heterocycles. The van der Waals surface area contributed by atoms with Crippen LogP contribution in [-0.2, 0) is 20.5 Å². The molecule has 2 rings (SSSR count). The maximum Gasteiger partial charge on any atom is 0.417 e. The quantitative estimate of drug-likeness (QED) is 0.780. The first kappa shape index (κ1) is 18.0. The molecule has 0 aromatic carbocycles. The fourth-order valence-electron chi connectivity index (χ4n) is 2.21. The van der Waals surface area contributed by atoms with E-state index in [9.17, 15) is 27.6 Å². The molecule has 24 heavy (non-hydrogen) atoms. The molecule has 2 amide bonds. The molecule has 0 aliphatic carbocycles. The van der Waals surface area contributed by atoms with Crippen molar-refractivity contribution in [1.29, 1.82) is 0 Å². The number of pyridine rings is 1. The number of aromatic amines is 1. The molecule has 2 N–H and O–H groups in total. The van der Waals surface area contributed by atoms with Crippen LogP contribution in [0.25, 0.3) is 0 Å². The molecule has 1 saturated heterocycles. The number of amides is 2. The first-order valence-corrected chi connectivity index (χ1v) is 7.24. The van der Waals surface area contributed by atoms with Crippen molar-refractivity contribution in [1.82, 2.24) is 9.88 Å². The van der Waals surface area contributed by atoms with Crippen LogP contribution in [0.4, 0.5) is 18.9 Å². The topological polar surface area (TPSA) is 91.5 Å². The van der Waals surface area contributed by atoms with Gasteiger partial charge in [0, 0.05) is 19.3 Å². The molecule has 1 atom stereocenters. The monoisotopic (exact) mass is 347 g/mol. The van der Waals surface area contributed by atoms with Crippen LogP contribution in [0, 0.1) is 0 Å². The van der Waals surface area contributed by atoms with Gasteiger partial charge in [-0.1, -0.05) is 6.92 Å². The highest BCUT2D eigenvalue weighted by Crippen LogP contribution is 2.29. The van der Waals surface area contributed by atoms with Crippen molar-refractivity contribution in [2.24, 2.45) is 0 Å². The Bertz CT molecular complexity index is 687. The van der Waals surface area contributed by atoms with Crippen LogP contribution in [-0.4, -0.2) is 47.5 Å². The first-order valence-electron chi connectivity index (χ1n) is 7.24. The van der Waals surface area contributed by atoms with Gasteiger partial charge in [0.25, 0.3) is 5.56 Å². The van der Waals surface area contributed by atoms with Crippen LogP contribution in [0.2, 0.25) is 0 Å². The summed E-state index contributed by atoms with van der Waals surface area (Å²) < 4.78 is 43.3. The van der Waals surface area contributed by atoms with E-state index in [2.05, 4.69) is 0 Å². The number of ether oxygens (including phenoxy) is 1. The Morgan fingerprint density at radius 1 is 1.46 bits per heavy atom. The van der Waals surface area contributed by atoms with E-state index in [0.29, 0.717) is 18.7 Å². The van der Waals surface area contributed by atoms with Gasteiger partial charge in [0.05, 0.1) is 18.3 Å². The van der Waals surface area contributed by atoms with Crippen LogP contribution in [0.3, 0.4) is 0 Å². The average Bonchev–Trinajstić information content (AvgIpc) is 2.55. The van der Waals surface area contributed by atoms with Gasteiger partial charge in [-0.2, -0.15) is 13.2 Å². The lowest BCUT2D eigenvalue weighted by Gasteiger charge is -2.31. The number of morpholine rings is 1. The number of anilines is 1. The Balaban J connectivity index is 2.11. The minimum atomic E-state index is -4.69. The van der Waals surface area contributed by atoms with Crippen LogP contribution >= 0.6 is 0 Å². The van der Waals surface area contributed by atoms with Gasteiger partial charge in [-0.3, -0.25) is 14.4 Å². The van der Waals surface area contributed by atoms with E-state index in [1.165, 1.54) is 4.90 Å². The zero-order valence-electron chi connectivity index (χ0n) is 12.8. The fraction of sp³-hybridized carbons (Fsp3) is 0.500. The van der Waals surface area contributed by atoms with Crippen molar-refractivity contribution in [2.45, 2.75) is 25.6 Å². The lowest BCUT2D eigenvalue weighted by atomic mass is 10.2. The molecule has 2 heterocycles. The van der Waals surface area contributed by atoms with Crippen molar-refractivity contribution >= 4 is 17.5 Å². The number of nitrogens with zero attached hydrogens (tertiary/aromatic N) is 1. The molecule has 0 spiro atoms. The number of halogens is 3. The highest BCUT2D eigenvalue weighted by atomic mass is 19.4. The average molecular weight is 347 g/mol. The third kappa shape index (κ3) is 4.13. The summed E-state index contributed by atoms with van der Waals surface area (Å²) >= 11 is 0. The molecule has 0 saturated carbocycles. The molecule has 1 aromatic heterocycles. The first-order chi connectivity index (χ1) is 11.2. The summed E-state index contributed by atoms with van der Waals surface area (Å²) in [4.78, 5) is 38.7. The van der Waals surface area contributed by atoms with Gasteiger partial charge in [-0.05, 0) is 12.5 Å². The molecule has 0 bridgehead atoms. The summed E-state index contributed by atoms with van der Waals surface area (Å²) in [6.45, 7) is 2.53. The molecule has 1 aromatic rings. The standard InChI is InChI=1S/C14H16F3N3O4/c1-2-9-7-20(3-4-24-9)13(23)12(22)19-10-5-8(14(15,16)17)6-18-11(10)21/h5-6,9H,2-4,7H2,1H3,(H,18,21)(H,19,22)/t9-/m0/s1. The van der Waals surface area contributed by atoms with Gasteiger partial charge in [0.15, 0.2) is 0 Å². The second-order valence-corrected chi connectivity index (χ2v) is 5.24. The number of carbonyl (C=O) groups excluding carboxylic acids is 2. The van der Waals surface area contributed by atoms with Crippen LogP contribution in [0.5, 0.6) is 0 Å². The second kappa shape index (κ2) is 7.04. The molecule has 1 fully saturated rings. The Hall–Kier alpha value is -2.36. The number of H-pyrrole nitrogens is 1. The number of aromatic nitrogens is 1. The van der Waals surface area contributed by atoms with Gasteiger partial charge in [0.2, 0.25) is 0 Å². The zero-order valence-corrected chi connectivity index (χ0v) is 12.8. The van der Waals surface area contributed by atoms with Gasteiger partial charge < -0.3 is 19.9 Å². The fourth-order valence-corrected chi connectivity index (χ4v) is 2.21. The highest BCUT2D eigenvalue weighted by molar-refractivity contribution is 6.39. The number of alkyl halides is 3. The number of hydrogen-bond donors (Lipinski definition) is 2. The van der Waals surface area contributed by atoms with Gasteiger partial charge in [-0.15, -0.1) is 0 Å². The zero-order chi connectivity index (χ0) is 17.9. The van der Waals surface area contributed by atoms with E-state index in [-0.39, 0.29) is 25.8 Å². The lowest BCUT2D eigenvalue weighted by molar-refractivity contribution is -0.148. The van der Waals surface area contributed by atoms with Gasteiger partial charge in [0.1, 0.15) is 5.69 Å². The Labute approximate surface area is 134 Å². The Morgan fingerprint density at radius 3 is 2.79 bits per heavy atom.